The normalized spacial score (nSPS) is 29.3. The summed E-state index contributed by atoms with van der Waals surface area (Å²) in [5.41, 5.74) is 9.00. The van der Waals surface area contributed by atoms with Crippen molar-refractivity contribution in [2.45, 2.75) is 63.5 Å². The smallest absolute Gasteiger partial charge is 0.0541 e. The number of aliphatic hydroxyl groups excluding tert-OH is 1. The third-order valence-electron chi connectivity index (χ3n) is 4.15. The Balaban J connectivity index is 2.28. The minimum absolute atomic E-state index is 0.153. The Morgan fingerprint density at radius 3 is 2.39 bits per heavy atom. The number of benzene rings is 1. The molecule has 1 aliphatic rings. The third-order valence-corrected chi connectivity index (χ3v) is 4.15. The van der Waals surface area contributed by atoms with Gasteiger partial charge >= 0.3 is 0 Å². The molecule has 1 fully saturated rings. The molecule has 2 heteroatoms. The summed E-state index contributed by atoms with van der Waals surface area (Å²) in [4.78, 5) is 0. The molecular weight excluding hydrogens is 222 g/mol. The van der Waals surface area contributed by atoms with Crippen LogP contribution < -0.4 is 5.73 Å². The van der Waals surface area contributed by atoms with E-state index in [1.54, 1.807) is 0 Å². The van der Waals surface area contributed by atoms with Gasteiger partial charge in [-0.1, -0.05) is 45.0 Å². The summed E-state index contributed by atoms with van der Waals surface area (Å²) in [6.07, 6.45) is 3.23. The Labute approximate surface area is 110 Å². The van der Waals surface area contributed by atoms with E-state index in [2.05, 4.69) is 45.0 Å². The highest BCUT2D eigenvalue weighted by molar-refractivity contribution is 5.33. The van der Waals surface area contributed by atoms with Gasteiger partial charge in [0.15, 0.2) is 0 Å². The highest BCUT2D eigenvalue weighted by Gasteiger charge is 2.33. The third kappa shape index (κ3) is 2.76. The zero-order chi connectivity index (χ0) is 13.4. The highest BCUT2D eigenvalue weighted by Crippen LogP contribution is 2.36. The van der Waals surface area contributed by atoms with Crippen LogP contribution in [0.4, 0.5) is 0 Å². The molecule has 0 aliphatic heterocycles. The first-order valence-corrected chi connectivity index (χ1v) is 6.89. The number of nitrogens with two attached hydrogens (primary N) is 1. The average Bonchev–Trinajstić information content (AvgIpc) is 2.32. The van der Waals surface area contributed by atoms with Crippen molar-refractivity contribution in [2.24, 2.45) is 5.73 Å². The molecule has 2 nitrogen and oxygen atoms in total. The van der Waals surface area contributed by atoms with Crippen LogP contribution in [0.2, 0.25) is 0 Å². The molecule has 0 saturated heterocycles. The molecule has 0 heterocycles. The molecule has 1 aromatic rings. The van der Waals surface area contributed by atoms with E-state index in [1.807, 2.05) is 0 Å². The predicted molar refractivity (Wildman–Crippen MR) is 75.5 cm³/mol. The van der Waals surface area contributed by atoms with Crippen LogP contribution in [0.3, 0.4) is 0 Å². The predicted octanol–water partition coefficient (Wildman–Crippen LogP) is 3.07. The zero-order valence-electron chi connectivity index (χ0n) is 11.7. The van der Waals surface area contributed by atoms with Crippen LogP contribution in [-0.2, 0) is 11.0 Å². The van der Waals surface area contributed by atoms with Crippen LogP contribution in [0.5, 0.6) is 0 Å². The SMILES string of the molecule is CC(C)(C)c1cccc(C2(N)CCC(O)CC2)c1. The van der Waals surface area contributed by atoms with Crippen LogP contribution in [0.25, 0.3) is 0 Å². The van der Waals surface area contributed by atoms with Crippen LogP contribution in [-0.4, -0.2) is 11.2 Å². The maximum Gasteiger partial charge on any atom is 0.0541 e. The van der Waals surface area contributed by atoms with Crippen molar-refractivity contribution < 1.29 is 5.11 Å². The van der Waals surface area contributed by atoms with E-state index in [9.17, 15) is 5.11 Å². The van der Waals surface area contributed by atoms with Crippen molar-refractivity contribution in [3.8, 4) is 0 Å². The van der Waals surface area contributed by atoms with Gasteiger partial charge in [-0.25, -0.2) is 0 Å². The van der Waals surface area contributed by atoms with E-state index in [-0.39, 0.29) is 17.1 Å². The molecule has 3 N–H and O–H groups in total. The van der Waals surface area contributed by atoms with Crippen molar-refractivity contribution in [1.82, 2.24) is 0 Å². The number of hydrogen-bond acceptors (Lipinski definition) is 2. The quantitative estimate of drug-likeness (QED) is 0.801. The molecule has 2 rings (SSSR count). The fraction of sp³-hybridized carbons (Fsp3) is 0.625. The summed E-state index contributed by atoms with van der Waals surface area (Å²) in [7, 11) is 0. The molecule has 18 heavy (non-hydrogen) atoms. The van der Waals surface area contributed by atoms with Crippen molar-refractivity contribution in [3.05, 3.63) is 35.4 Å². The molecule has 0 radical (unpaired) electrons. The van der Waals surface area contributed by atoms with Crippen LogP contribution >= 0.6 is 0 Å². The van der Waals surface area contributed by atoms with Gasteiger partial charge in [0.05, 0.1) is 6.10 Å². The van der Waals surface area contributed by atoms with Crippen LogP contribution in [0, 0.1) is 0 Å². The maximum atomic E-state index is 9.62. The lowest BCUT2D eigenvalue weighted by atomic mass is 9.75. The molecule has 1 aromatic carbocycles. The van der Waals surface area contributed by atoms with Crippen LogP contribution in [0.1, 0.15) is 57.6 Å². The highest BCUT2D eigenvalue weighted by atomic mass is 16.3. The monoisotopic (exact) mass is 247 g/mol. The second-order valence-corrected chi connectivity index (χ2v) is 6.72. The fourth-order valence-electron chi connectivity index (χ4n) is 2.70. The largest absolute Gasteiger partial charge is 0.393 e. The number of hydrogen-bond donors (Lipinski definition) is 2. The van der Waals surface area contributed by atoms with Gasteiger partial charge in [0.1, 0.15) is 0 Å². The van der Waals surface area contributed by atoms with Gasteiger partial charge in [-0.05, 0) is 42.2 Å². The standard InChI is InChI=1S/C16H25NO/c1-15(2,3)12-5-4-6-13(11-12)16(17)9-7-14(18)8-10-16/h4-6,11,14,18H,7-10,17H2,1-3H3. The summed E-state index contributed by atoms with van der Waals surface area (Å²) >= 11 is 0. The number of aliphatic hydroxyl groups is 1. The van der Waals surface area contributed by atoms with E-state index in [0.717, 1.165) is 25.7 Å². The Kier molecular flexibility index (Phi) is 3.52. The Bertz CT molecular complexity index is 411. The summed E-state index contributed by atoms with van der Waals surface area (Å²) in [6, 6.07) is 8.66. The minimum atomic E-state index is -0.250. The molecule has 0 unspecified atom stereocenters. The van der Waals surface area contributed by atoms with Gasteiger partial charge in [0, 0.05) is 5.54 Å². The van der Waals surface area contributed by atoms with Gasteiger partial charge in [0.2, 0.25) is 0 Å². The van der Waals surface area contributed by atoms with Gasteiger partial charge in [-0.3, -0.25) is 0 Å². The summed E-state index contributed by atoms with van der Waals surface area (Å²) in [5.74, 6) is 0. The molecule has 0 amide bonds. The summed E-state index contributed by atoms with van der Waals surface area (Å²) in [6.45, 7) is 6.67. The second-order valence-electron chi connectivity index (χ2n) is 6.72. The van der Waals surface area contributed by atoms with E-state index in [4.69, 9.17) is 5.73 Å². The molecule has 0 atom stereocenters. The maximum absolute atomic E-state index is 9.62. The Morgan fingerprint density at radius 2 is 1.83 bits per heavy atom. The van der Waals surface area contributed by atoms with Gasteiger partial charge in [0.25, 0.3) is 0 Å². The second kappa shape index (κ2) is 4.67. The van der Waals surface area contributed by atoms with Crippen molar-refractivity contribution >= 4 is 0 Å². The first-order valence-electron chi connectivity index (χ1n) is 6.89. The molecule has 0 spiro atoms. The lowest BCUT2D eigenvalue weighted by molar-refractivity contribution is 0.0969. The Morgan fingerprint density at radius 1 is 1.22 bits per heavy atom. The van der Waals surface area contributed by atoms with E-state index < -0.39 is 0 Å². The molecule has 1 saturated carbocycles. The molecule has 0 bridgehead atoms. The van der Waals surface area contributed by atoms with Crippen LogP contribution in [0.15, 0.2) is 24.3 Å². The summed E-state index contributed by atoms with van der Waals surface area (Å²) in [5, 5.41) is 9.62. The first-order chi connectivity index (χ1) is 8.31. The lowest BCUT2D eigenvalue weighted by Crippen LogP contribution is -2.41. The molecule has 1 aliphatic carbocycles. The van der Waals surface area contributed by atoms with E-state index in [0.29, 0.717) is 0 Å². The topological polar surface area (TPSA) is 46.2 Å². The van der Waals surface area contributed by atoms with Gasteiger partial charge < -0.3 is 10.8 Å². The Hall–Kier alpha value is -0.860. The van der Waals surface area contributed by atoms with Crippen molar-refractivity contribution in [3.63, 3.8) is 0 Å². The first kappa shape index (κ1) is 13.6. The average molecular weight is 247 g/mol. The molecular formula is C16H25NO. The molecule has 100 valence electrons. The van der Waals surface area contributed by atoms with E-state index in [1.165, 1.54) is 11.1 Å². The lowest BCUT2D eigenvalue weighted by Gasteiger charge is -2.36. The van der Waals surface area contributed by atoms with Gasteiger partial charge in [-0.2, -0.15) is 0 Å². The number of rotatable bonds is 1. The van der Waals surface area contributed by atoms with E-state index >= 15 is 0 Å². The molecule has 0 aromatic heterocycles. The van der Waals surface area contributed by atoms with Crippen molar-refractivity contribution in [2.75, 3.05) is 0 Å². The summed E-state index contributed by atoms with van der Waals surface area (Å²) < 4.78 is 0. The van der Waals surface area contributed by atoms with Crippen molar-refractivity contribution in [1.29, 1.82) is 0 Å². The fourth-order valence-corrected chi connectivity index (χ4v) is 2.70. The zero-order valence-corrected chi connectivity index (χ0v) is 11.7. The van der Waals surface area contributed by atoms with Gasteiger partial charge in [-0.15, -0.1) is 0 Å². The minimum Gasteiger partial charge on any atom is -0.393 e.